The van der Waals surface area contributed by atoms with Gasteiger partial charge in [-0.15, -0.1) is 0 Å². The third-order valence-electron chi connectivity index (χ3n) is 5.22. The number of aromatic nitrogens is 2. The van der Waals surface area contributed by atoms with Gasteiger partial charge in [0.15, 0.2) is 0 Å². The third kappa shape index (κ3) is 4.44. The van der Waals surface area contributed by atoms with Crippen molar-refractivity contribution in [3.8, 4) is 0 Å². The van der Waals surface area contributed by atoms with Crippen LogP contribution in [0.2, 0.25) is 0 Å². The molecule has 1 aromatic heterocycles. The molecule has 0 N–H and O–H groups in total. The molecule has 30 heavy (non-hydrogen) atoms. The maximum Gasteiger partial charge on any atom is 0.261 e. The van der Waals surface area contributed by atoms with E-state index in [1.165, 1.54) is 0 Å². The van der Waals surface area contributed by atoms with Crippen LogP contribution in [-0.4, -0.2) is 40.6 Å². The first-order chi connectivity index (χ1) is 14.6. The predicted octanol–water partition coefficient (Wildman–Crippen LogP) is 4.05. The normalized spacial score (nSPS) is 12.1. The predicted molar refractivity (Wildman–Crippen MR) is 119 cm³/mol. The molecule has 0 saturated heterocycles. The van der Waals surface area contributed by atoms with E-state index in [1.54, 1.807) is 17.7 Å². The van der Waals surface area contributed by atoms with Crippen LogP contribution >= 0.6 is 0 Å². The first-order valence-electron chi connectivity index (χ1n) is 10.5. The third-order valence-corrected chi connectivity index (χ3v) is 5.22. The van der Waals surface area contributed by atoms with E-state index in [9.17, 15) is 9.59 Å². The summed E-state index contributed by atoms with van der Waals surface area (Å²) in [4.78, 5) is 33.3. The van der Waals surface area contributed by atoms with E-state index in [-0.39, 0.29) is 17.5 Å². The molecule has 0 saturated carbocycles. The molecule has 2 aromatic carbocycles. The van der Waals surface area contributed by atoms with Gasteiger partial charge in [-0.1, -0.05) is 44.2 Å². The Hall–Kier alpha value is -2.99. The molecule has 0 aliphatic rings. The maximum absolute atomic E-state index is 13.4. The fourth-order valence-electron chi connectivity index (χ4n) is 3.77. The topological polar surface area (TPSA) is 64.4 Å². The molecule has 1 unspecified atom stereocenters. The van der Waals surface area contributed by atoms with Crippen molar-refractivity contribution >= 4 is 16.8 Å². The van der Waals surface area contributed by atoms with Crippen molar-refractivity contribution in [2.45, 2.75) is 39.3 Å². The molecule has 6 heteroatoms. The van der Waals surface area contributed by atoms with Crippen molar-refractivity contribution in [2.75, 3.05) is 20.3 Å². The molecule has 0 aliphatic carbocycles. The summed E-state index contributed by atoms with van der Waals surface area (Å²) in [5, 5.41) is 0.573. The molecule has 1 atom stereocenters. The molecule has 1 heterocycles. The highest BCUT2D eigenvalue weighted by Crippen LogP contribution is 2.26. The van der Waals surface area contributed by atoms with Crippen LogP contribution in [0.25, 0.3) is 10.9 Å². The van der Waals surface area contributed by atoms with Crippen LogP contribution in [0.1, 0.15) is 48.9 Å². The van der Waals surface area contributed by atoms with Gasteiger partial charge in [0.05, 0.1) is 30.1 Å². The summed E-state index contributed by atoms with van der Waals surface area (Å²) in [6, 6.07) is 16.3. The van der Waals surface area contributed by atoms with Crippen LogP contribution in [0.3, 0.4) is 0 Å². The minimum absolute atomic E-state index is 0.0509. The van der Waals surface area contributed by atoms with Gasteiger partial charge in [-0.3, -0.25) is 14.2 Å². The number of carbonyl (C=O) groups excluding carboxylic acids is 1. The lowest BCUT2D eigenvalue weighted by molar-refractivity contribution is 0.0654. The van der Waals surface area contributed by atoms with E-state index in [2.05, 4.69) is 0 Å². The van der Waals surface area contributed by atoms with Gasteiger partial charge < -0.3 is 9.64 Å². The van der Waals surface area contributed by atoms with Crippen molar-refractivity contribution in [1.29, 1.82) is 0 Å². The van der Waals surface area contributed by atoms with Gasteiger partial charge in [-0.25, -0.2) is 4.98 Å². The summed E-state index contributed by atoms with van der Waals surface area (Å²) in [6.07, 6.45) is 1.46. The van der Waals surface area contributed by atoms with Crippen LogP contribution in [0.15, 0.2) is 59.4 Å². The van der Waals surface area contributed by atoms with Crippen molar-refractivity contribution in [2.24, 2.45) is 0 Å². The molecule has 3 aromatic rings. The molecule has 158 valence electrons. The zero-order valence-corrected chi connectivity index (χ0v) is 17.9. The second-order valence-electron chi connectivity index (χ2n) is 7.23. The Morgan fingerprint density at radius 2 is 1.80 bits per heavy atom. The van der Waals surface area contributed by atoms with Crippen molar-refractivity contribution in [1.82, 2.24) is 14.5 Å². The average molecular weight is 408 g/mol. The van der Waals surface area contributed by atoms with Crippen LogP contribution in [-0.2, 0) is 11.3 Å². The molecule has 0 fully saturated rings. The minimum Gasteiger partial charge on any atom is -0.383 e. The Bertz CT molecular complexity index is 1050. The number of ether oxygens (including phenoxy) is 1. The van der Waals surface area contributed by atoms with Gasteiger partial charge in [0.25, 0.3) is 11.5 Å². The number of fused-ring (bicyclic) bond motifs is 1. The Morgan fingerprint density at radius 1 is 1.10 bits per heavy atom. The highest BCUT2D eigenvalue weighted by Gasteiger charge is 2.28. The van der Waals surface area contributed by atoms with E-state index >= 15 is 0 Å². The first-order valence-corrected chi connectivity index (χ1v) is 10.5. The minimum atomic E-state index is -0.313. The van der Waals surface area contributed by atoms with E-state index < -0.39 is 0 Å². The second-order valence-corrected chi connectivity index (χ2v) is 7.23. The number of benzene rings is 2. The number of rotatable bonds is 9. The molecule has 6 nitrogen and oxygen atoms in total. The van der Waals surface area contributed by atoms with Crippen LogP contribution in [0, 0.1) is 0 Å². The van der Waals surface area contributed by atoms with E-state index in [0.29, 0.717) is 48.4 Å². The molecule has 0 spiro atoms. The lowest BCUT2D eigenvalue weighted by Crippen LogP contribution is -2.39. The number of nitrogens with zero attached hydrogens (tertiary/aromatic N) is 3. The summed E-state index contributed by atoms with van der Waals surface area (Å²) in [5.41, 5.74) is 1.18. The zero-order valence-electron chi connectivity index (χ0n) is 17.9. The molecule has 3 rings (SSSR count). The highest BCUT2D eigenvalue weighted by molar-refractivity contribution is 5.94. The fraction of sp³-hybridized carbons (Fsp3) is 0.375. The number of hydrogen-bond acceptors (Lipinski definition) is 4. The lowest BCUT2D eigenvalue weighted by atomic mass is 10.1. The molecule has 0 aliphatic heterocycles. The number of carbonyl (C=O) groups is 1. The standard InChI is InChI=1S/C24H29N3O3/c1-4-15-26(23(28)18-11-7-6-8-12-18)21(5-2)22-25-20-14-10-9-13-19(20)24(29)27(22)16-17-30-3/h6-14,21H,4-5,15-17H2,1-3H3. The number of hydrogen-bond donors (Lipinski definition) is 0. The Labute approximate surface area is 177 Å². The second kappa shape index (κ2) is 10.2. The highest BCUT2D eigenvalue weighted by atomic mass is 16.5. The van der Waals surface area contributed by atoms with Gasteiger partial charge >= 0.3 is 0 Å². The van der Waals surface area contributed by atoms with Crippen molar-refractivity contribution < 1.29 is 9.53 Å². The number of para-hydroxylation sites is 1. The fourth-order valence-corrected chi connectivity index (χ4v) is 3.77. The largest absolute Gasteiger partial charge is 0.383 e. The van der Waals surface area contributed by atoms with Crippen LogP contribution < -0.4 is 5.56 Å². The van der Waals surface area contributed by atoms with Gasteiger partial charge in [0, 0.05) is 19.2 Å². The van der Waals surface area contributed by atoms with Gasteiger partial charge in [0.2, 0.25) is 0 Å². The van der Waals surface area contributed by atoms with E-state index in [4.69, 9.17) is 9.72 Å². The molecule has 0 bridgehead atoms. The SMILES string of the molecule is CCCN(C(=O)c1ccccc1)C(CC)c1nc2ccccc2c(=O)n1CCOC. The number of methoxy groups -OCH3 is 1. The number of amides is 1. The summed E-state index contributed by atoms with van der Waals surface area (Å²) < 4.78 is 6.91. The van der Waals surface area contributed by atoms with Crippen LogP contribution in [0.4, 0.5) is 0 Å². The Kier molecular flexibility index (Phi) is 7.36. The Morgan fingerprint density at radius 3 is 2.47 bits per heavy atom. The summed E-state index contributed by atoms with van der Waals surface area (Å²) in [5.74, 6) is 0.556. The van der Waals surface area contributed by atoms with Gasteiger partial charge in [-0.05, 0) is 37.1 Å². The Balaban J connectivity index is 2.15. The molecular weight excluding hydrogens is 378 g/mol. The average Bonchev–Trinajstić information content (AvgIpc) is 2.79. The molecule has 0 radical (unpaired) electrons. The monoisotopic (exact) mass is 407 g/mol. The van der Waals surface area contributed by atoms with E-state index in [0.717, 1.165) is 6.42 Å². The molecule has 1 amide bonds. The van der Waals surface area contributed by atoms with Gasteiger partial charge in [0.1, 0.15) is 5.82 Å². The summed E-state index contributed by atoms with van der Waals surface area (Å²) >= 11 is 0. The molecular formula is C24H29N3O3. The van der Waals surface area contributed by atoms with E-state index in [1.807, 2.05) is 67.3 Å². The quantitative estimate of drug-likeness (QED) is 0.537. The lowest BCUT2D eigenvalue weighted by Gasteiger charge is -2.32. The van der Waals surface area contributed by atoms with Gasteiger partial charge in [-0.2, -0.15) is 0 Å². The van der Waals surface area contributed by atoms with Crippen LogP contribution in [0.5, 0.6) is 0 Å². The maximum atomic E-state index is 13.4. The van der Waals surface area contributed by atoms with Crippen molar-refractivity contribution in [3.05, 3.63) is 76.3 Å². The summed E-state index contributed by atoms with van der Waals surface area (Å²) in [7, 11) is 1.61. The zero-order chi connectivity index (χ0) is 21.5. The van der Waals surface area contributed by atoms with Crippen molar-refractivity contribution in [3.63, 3.8) is 0 Å². The smallest absolute Gasteiger partial charge is 0.261 e. The first kappa shape index (κ1) is 21.7. The summed E-state index contributed by atoms with van der Waals surface area (Å²) in [6.45, 7) is 5.43.